The second-order valence-corrected chi connectivity index (χ2v) is 9.45. The Morgan fingerprint density at radius 2 is 1.92 bits per heavy atom. The molecule has 24 heavy (non-hydrogen) atoms. The maximum Gasteiger partial charge on any atom is 0.257 e. The molecule has 0 fully saturated rings. The Morgan fingerprint density at radius 3 is 2.50 bits per heavy atom. The van der Waals surface area contributed by atoms with Crippen LogP contribution in [0.5, 0.6) is 0 Å². The number of benzene rings is 1. The first-order valence-electron chi connectivity index (χ1n) is 7.21. The van der Waals surface area contributed by atoms with Crippen LogP contribution in [-0.4, -0.2) is 43.1 Å². The first-order chi connectivity index (χ1) is 11.4. The molecule has 0 spiro atoms. The molecule has 1 N–H and O–H groups in total. The minimum absolute atomic E-state index is 0.0148. The lowest BCUT2D eigenvalue weighted by atomic mass is 10.2. The molecule has 0 radical (unpaired) electrons. The van der Waals surface area contributed by atoms with E-state index in [1.54, 1.807) is 43.0 Å². The highest BCUT2D eigenvalue weighted by molar-refractivity contribution is 8.01. The van der Waals surface area contributed by atoms with Crippen LogP contribution in [0.15, 0.2) is 28.6 Å². The summed E-state index contributed by atoms with van der Waals surface area (Å²) in [5, 5.41) is 11.0. The standard InChI is InChI=1S/C14H18N4O3S3/c1-4-22-14-17-16-13(23-14)15-12(19)10-6-8-11(9-7-10)18(3)24(20,21)5-2/h6-9H,4-5H2,1-3H3,(H,15,16,19). The van der Waals surface area contributed by atoms with Gasteiger partial charge in [-0.05, 0) is 36.9 Å². The third-order valence-electron chi connectivity index (χ3n) is 3.17. The molecule has 0 saturated heterocycles. The number of carbonyl (C=O) groups excluding carboxylic acids is 1. The van der Waals surface area contributed by atoms with Gasteiger partial charge in [0.2, 0.25) is 15.2 Å². The Morgan fingerprint density at radius 1 is 1.25 bits per heavy atom. The van der Waals surface area contributed by atoms with Crippen LogP contribution in [0.4, 0.5) is 10.8 Å². The van der Waals surface area contributed by atoms with Gasteiger partial charge in [0.25, 0.3) is 5.91 Å². The molecule has 2 aromatic rings. The summed E-state index contributed by atoms with van der Waals surface area (Å²) in [6.07, 6.45) is 0. The molecule has 0 atom stereocenters. The topological polar surface area (TPSA) is 92.3 Å². The average Bonchev–Trinajstić information content (AvgIpc) is 3.01. The second kappa shape index (κ2) is 7.95. The summed E-state index contributed by atoms with van der Waals surface area (Å²) in [4.78, 5) is 12.2. The third-order valence-corrected chi connectivity index (χ3v) is 6.80. The molecule has 10 heteroatoms. The summed E-state index contributed by atoms with van der Waals surface area (Å²) in [6.45, 7) is 3.60. The molecule has 1 heterocycles. The summed E-state index contributed by atoms with van der Waals surface area (Å²) in [5.41, 5.74) is 0.923. The monoisotopic (exact) mass is 386 g/mol. The number of amides is 1. The van der Waals surface area contributed by atoms with Crippen LogP contribution < -0.4 is 9.62 Å². The van der Waals surface area contributed by atoms with Crippen molar-refractivity contribution in [3.63, 3.8) is 0 Å². The summed E-state index contributed by atoms with van der Waals surface area (Å²) < 4.78 is 25.7. The predicted molar refractivity (Wildman–Crippen MR) is 98.6 cm³/mol. The van der Waals surface area contributed by atoms with E-state index in [1.807, 2.05) is 6.92 Å². The van der Waals surface area contributed by atoms with E-state index in [9.17, 15) is 13.2 Å². The van der Waals surface area contributed by atoms with E-state index < -0.39 is 10.0 Å². The number of hydrogen-bond acceptors (Lipinski definition) is 7. The number of carbonyl (C=O) groups is 1. The van der Waals surface area contributed by atoms with Gasteiger partial charge in [0, 0.05) is 12.6 Å². The molecule has 0 bridgehead atoms. The highest BCUT2D eigenvalue weighted by Gasteiger charge is 2.16. The fourth-order valence-corrected chi connectivity index (χ4v) is 4.26. The van der Waals surface area contributed by atoms with Crippen LogP contribution in [0.2, 0.25) is 0 Å². The molecule has 1 aromatic heterocycles. The number of sulfonamides is 1. The molecule has 2 rings (SSSR count). The van der Waals surface area contributed by atoms with Crippen LogP contribution in [0, 0.1) is 0 Å². The van der Waals surface area contributed by atoms with Crippen molar-refractivity contribution < 1.29 is 13.2 Å². The van der Waals surface area contributed by atoms with Crippen LogP contribution in [-0.2, 0) is 10.0 Å². The lowest BCUT2D eigenvalue weighted by molar-refractivity contribution is 0.102. The van der Waals surface area contributed by atoms with E-state index in [4.69, 9.17) is 0 Å². The van der Waals surface area contributed by atoms with Gasteiger partial charge in [0.05, 0.1) is 11.4 Å². The Hall–Kier alpha value is -1.65. The fraction of sp³-hybridized carbons (Fsp3) is 0.357. The number of hydrogen-bond donors (Lipinski definition) is 1. The molecule has 0 aliphatic carbocycles. The smallest absolute Gasteiger partial charge is 0.257 e. The number of thioether (sulfide) groups is 1. The molecule has 0 aliphatic heterocycles. The molecule has 0 aliphatic rings. The van der Waals surface area contributed by atoms with Crippen molar-refractivity contribution in [2.45, 2.75) is 18.2 Å². The van der Waals surface area contributed by atoms with Crippen molar-refractivity contribution in [2.24, 2.45) is 0 Å². The van der Waals surface area contributed by atoms with Gasteiger partial charge in [-0.15, -0.1) is 10.2 Å². The van der Waals surface area contributed by atoms with E-state index in [-0.39, 0.29) is 11.7 Å². The van der Waals surface area contributed by atoms with Crippen molar-refractivity contribution >= 4 is 49.8 Å². The van der Waals surface area contributed by atoms with E-state index in [0.717, 1.165) is 10.1 Å². The number of rotatable bonds is 7. The molecule has 1 aromatic carbocycles. The molecule has 0 saturated carbocycles. The molecule has 7 nitrogen and oxygen atoms in total. The predicted octanol–water partition coefficient (Wildman–Crippen LogP) is 2.69. The van der Waals surface area contributed by atoms with Crippen molar-refractivity contribution in [3.05, 3.63) is 29.8 Å². The van der Waals surface area contributed by atoms with Gasteiger partial charge in [-0.1, -0.05) is 30.0 Å². The zero-order valence-corrected chi connectivity index (χ0v) is 16.0. The normalized spacial score (nSPS) is 11.3. The van der Waals surface area contributed by atoms with Crippen LogP contribution in [0.3, 0.4) is 0 Å². The van der Waals surface area contributed by atoms with Crippen molar-refractivity contribution in [2.75, 3.05) is 28.2 Å². The Kier molecular flexibility index (Phi) is 6.19. The van der Waals surface area contributed by atoms with Crippen LogP contribution >= 0.6 is 23.1 Å². The first-order valence-corrected chi connectivity index (χ1v) is 10.6. The van der Waals surface area contributed by atoms with E-state index >= 15 is 0 Å². The second-order valence-electron chi connectivity index (χ2n) is 4.68. The van der Waals surface area contributed by atoms with E-state index in [2.05, 4.69) is 15.5 Å². The van der Waals surface area contributed by atoms with Gasteiger partial charge < -0.3 is 0 Å². The summed E-state index contributed by atoms with van der Waals surface area (Å²) in [5.74, 6) is 0.589. The number of nitrogens with one attached hydrogen (secondary N) is 1. The summed E-state index contributed by atoms with van der Waals surface area (Å²) >= 11 is 2.88. The lowest BCUT2D eigenvalue weighted by Gasteiger charge is -2.18. The zero-order chi connectivity index (χ0) is 17.7. The zero-order valence-electron chi connectivity index (χ0n) is 13.5. The minimum Gasteiger partial charge on any atom is -0.296 e. The van der Waals surface area contributed by atoms with Crippen LogP contribution in [0.1, 0.15) is 24.2 Å². The van der Waals surface area contributed by atoms with Gasteiger partial charge in [-0.2, -0.15) is 0 Å². The summed E-state index contributed by atoms with van der Waals surface area (Å²) in [7, 11) is -1.83. The lowest BCUT2D eigenvalue weighted by Crippen LogP contribution is -2.28. The number of anilines is 2. The highest BCUT2D eigenvalue weighted by Crippen LogP contribution is 2.25. The number of aromatic nitrogens is 2. The molecule has 130 valence electrons. The fourth-order valence-electron chi connectivity index (χ4n) is 1.79. The Labute approximate surface area is 149 Å². The number of nitrogens with zero attached hydrogens (tertiary/aromatic N) is 3. The van der Waals surface area contributed by atoms with Gasteiger partial charge in [-0.3, -0.25) is 14.4 Å². The van der Waals surface area contributed by atoms with Crippen molar-refractivity contribution in [3.8, 4) is 0 Å². The summed E-state index contributed by atoms with van der Waals surface area (Å²) in [6, 6.07) is 6.35. The minimum atomic E-state index is -3.32. The molecular formula is C14H18N4O3S3. The highest BCUT2D eigenvalue weighted by atomic mass is 32.2. The maximum absolute atomic E-state index is 12.2. The largest absolute Gasteiger partial charge is 0.296 e. The first kappa shape index (κ1) is 18.7. The van der Waals surface area contributed by atoms with Gasteiger partial charge >= 0.3 is 0 Å². The van der Waals surface area contributed by atoms with Gasteiger partial charge in [0.15, 0.2) is 4.34 Å². The molecule has 0 unspecified atom stereocenters. The van der Waals surface area contributed by atoms with Crippen LogP contribution in [0.25, 0.3) is 0 Å². The third kappa shape index (κ3) is 4.46. The van der Waals surface area contributed by atoms with Crippen molar-refractivity contribution in [1.29, 1.82) is 0 Å². The maximum atomic E-state index is 12.2. The van der Waals surface area contributed by atoms with E-state index in [1.165, 1.54) is 22.7 Å². The average molecular weight is 387 g/mol. The van der Waals surface area contributed by atoms with Gasteiger partial charge in [-0.25, -0.2) is 8.42 Å². The molecule has 1 amide bonds. The Balaban J connectivity index is 2.08. The van der Waals surface area contributed by atoms with Crippen molar-refractivity contribution in [1.82, 2.24) is 10.2 Å². The van der Waals surface area contributed by atoms with E-state index in [0.29, 0.717) is 16.4 Å². The van der Waals surface area contributed by atoms with Gasteiger partial charge in [0.1, 0.15) is 0 Å². The quantitative estimate of drug-likeness (QED) is 0.581. The Bertz CT molecular complexity index is 803. The molecular weight excluding hydrogens is 368 g/mol. The SMILES string of the molecule is CCSc1nnc(NC(=O)c2ccc(N(C)S(=O)(=O)CC)cc2)s1.